The Morgan fingerprint density at radius 2 is 1.29 bits per heavy atom. The van der Waals surface area contributed by atoms with Crippen molar-refractivity contribution in [3.05, 3.63) is 0 Å². The molecule has 0 amide bonds. The lowest BCUT2D eigenvalue weighted by Gasteiger charge is -2.29. The second kappa shape index (κ2) is 11.2. The smallest absolute Gasteiger partial charge is 0.279 e. The molecule has 3 radical (unpaired) electrons. The summed E-state index contributed by atoms with van der Waals surface area (Å²) in [6.07, 6.45) is 7.26. The van der Waals surface area contributed by atoms with Gasteiger partial charge in [0, 0.05) is 13.2 Å². The molecule has 3 nitrogen and oxygen atoms in total. The summed E-state index contributed by atoms with van der Waals surface area (Å²) in [6, 6.07) is 0. The molecule has 0 heterocycles. The number of rotatable bonds is 12. The van der Waals surface area contributed by atoms with Crippen LogP contribution in [0.2, 0.25) is 0 Å². The Balaban J connectivity index is 3.80. The minimum absolute atomic E-state index is 0.415. The molecule has 0 aliphatic heterocycles. The molecular formula is C13H27O3Si. The normalized spacial score (nSPS) is 12.0. The zero-order chi connectivity index (χ0) is 13.0. The quantitative estimate of drug-likeness (QED) is 0.306. The van der Waals surface area contributed by atoms with Crippen molar-refractivity contribution in [3.8, 4) is 0 Å². The molecular weight excluding hydrogens is 232 g/mol. The van der Waals surface area contributed by atoms with Gasteiger partial charge in [-0.25, -0.2) is 0 Å². The second-order valence-electron chi connectivity index (χ2n) is 4.26. The monoisotopic (exact) mass is 259 g/mol. The molecule has 0 rings (SSSR count). The third kappa shape index (κ3) is 9.77. The van der Waals surface area contributed by atoms with Crippen LogP contribution < -0.4 is 0 Å². The average Bonchev–Trinajstić information content (AvgIpc) is 2.31. The molecule has 0 aromatic heterocycles. The molecule has 0 aliphatic rings. The first-order valence-electron chi connectivity index (χ1n) is 6.75. The topological polar surface area (TPSA) is 27.7 Å². The predicted molar refractivity (Wildman–Crippen MR) is 71.1 cm³/mol. The van der Waals surface area contributed by atoms with Crippen LogP contribution >= 0.6 is 0 Å². The predicted octanol–water partition coefficient (Wildman–Crippen LogP) is 3.22. The number of unbranched alkanes of at least 4 members (excludes halogenated alkanes) is 4. The summed E-state index contributed by atoms with van der Waals surface area (Å²) < 4.78 is 16.8. The third-order valence-corrected chi connectivity index (χ3v) is 2.70. The Labute approximate surface area is 110 Å². The fourth-order valence-corrected chi connectivity index (χ4v) is 1.74. The van der Waals surface area contributed by atoms with Gasteiger partial charge in [0.25, 0.3) is 5.97 Å². The van der Waals surface area contributed by atoms with Crippen LogP contribution in [-0.4, -0.2) is 35.7 Å². The van der Waals surface area contributed by atoms with Gasteiger partial charge in [0.2, 0.25) is 0 Å². The molecule has 0 fully saturated rings. The van der Waals surface area contributed by atoms with Gasteiger partial charge in [-0.3, -0.25) is 0 Å². The summed E-state index contributed by atoms with van der Waals surface area (Å²) in [5.74, 6) is -0.900. The van der Waals surface area contributed by atoms with Crippen LogP contribution in [0.25, 0.3) is 0 Å². The van der Waals surface area contributed by atoms with Crippen molar-refractivity contribution >= 4 is 10.2 Å². The van der Waals surface area contributed by atoms with E-state index in [1.807, 2.05) is 6.92 Å². The second-order valence-corrected chi connectivity index (χ2v) is 4.55. The molecule has 0 bridgehead atoms. The molecule has 0 atom stereocenters. The van der Waals surface area contributed by atoms with E-state index in [9.17, 15) is 0 Å². The van der Waals surface area contributed by atoms with Crippen LogP contribution in [0.4, 0.5) is 0 Å². The first kappa shape index (κ1) is 17.1. The maximum Gasteiger partial charge on any atom is 0.279 e. The number of ether oxygens (including phenoxy) is 3. The van der Waals surface area contributed by atoms with E-state index >= 15 is 0 Å². The van der Waals surface area contributed by atoms with Crippen molar-refractivity contribution in [2.24, 2.45) is 0 Å². The van der Waals surface area contributed by atoms with E-state index in [0.29, 0.717) is 19.4 Å². The Hall–Kier alpha value is 0.0969. The van der Waals surface area contributed by atoms with Gasteiger partial charge in [0.15, 0.2) is 0 Å². The first-order valence-corrected chi connectivity index (χ1v) is 7.45. The fraction of sp³-hybridized carbons (Fsp3) is 1.00. The molecule has 0 aromatic rings. The van der Waals surface area contributed by atoms with E-state index in [2.05, 4.69) is 24.1 Å². The van der Waals surface area contributed by atoms with Crippen LogP contribution in [0.3, 0.4) is 0 Å². The third-order valence-electron chi connectivity index (χ3n) is 2.56. The SMILES string of the molecule is CCCCCOC(C)(OC[Si])OCCCCC. The zero-order valence-electron chi connectivity index (χ0n) is 11.6. The molecule has 101 valence electrons. The Kier molecular flexibility index (Phi) is 11.3. The van der Waals surface area contributed by atoms with Crippen molar-refractivity contribution in [2.75, 3.05) is 19.4 Å². The highest BCUT2D eigenvalue weighted by atomic mass is 28.1. The lowest BCUT2D eigenvalue weighted by Crippen LogP contribution is -2.37. The minimum Gasteiger partial charge on any atom is -0.332 e. The molecule has 0 aromatic carbocycles. The maximum atomic E-state index is 5.68. The highest BCUT2D eigenvalue weighted by Crippen LogP contribution is 2.16. The lowest BCUT2D eigenvalue weighted by molar-refractivity contribution is -0.364. The fourth-order valence-electron chi connectivity index (χ4n) is 1.48. The molecule has 0 aliphatic carbocycles. The molecule has 4 heteroatoms. The van der Waals surface area contributed by atoms with Crippen LogP contribution in [0.15, 0.2) is 0 Å². The van der Waals surface area contributed by atoms with E-state index in [4.69, 9.17) is 14.2 Å². The summed E-state index contributed by atoms with van der Waals surface area (Å²) in [4.78, 5) is 0. The van der Waals surface area contributed by atoms with Gasteiger partial charge in [-0.15, -0.1) is 0 Å². The van der Waals surface area contributed by atoms with Crippen LogP contribution in [0, 0.1) is 0 Å². The van der Waals surface area contributed by atoms with E-state index in [0.717, 1.165) is 12.8 Å². The van der Waals surface area contributed by atoms with E-state index < -0.39 is 5.97 Å². The number of hydrogen-bond donors (Lipinski definition) is 0. The summed E-state index contributed by atoms with van der Waals surface area (Å²) >= 11 is 0. The van der Waals surface area contributed by atoms with Gasteiger partial charge < -0.3 is 14.2 Å². The van der Waals surface area contributed by atoms with Gasteiger partial charge in [0.1, 0.15) is 0 Å². The zero-order valence-corrected chi connectivity index (χ0v) is 12.6. The van der Waals surface area contributed by atoms with Crippen molar-refractivity contribution < 1.29 is 14.2 Å². The Bertz CT molecular complexity index is 153. The summed E-state index contributed by atoms with van der Waals surface area (Å²) in [5, 5.41) is 0. The van der Waals surface area contributed by atoms with Gasteiger partial charge >= 0.3 is 0 Å². The number of hydrogen-bond acceptors (Lipinski definition) is 3. The van der Waals surface area contributed by atoms with Gasteiger partial charge in [0.05, 0.1) is 23.5 Å². The molecule has 0 saturated carbocycles. The van der Waals surface area contributed by atoms with Crippen molar-refractivity contribution in [1.82, 2.24) is 0 Å². The summed E-state index contributed by atoms with van der Waals surface area (Å²) in [5.41, 5.74) is 0. The highest BCUT2D eigenvalue weighted by Gasteiger charge is 2.25. The molecule has 17 heavy (non-hydrogen) atoms. The highest BCUT2D eigenvalue weighted by molar-refractivity contribution is 6.08. The van der Waals surface area contributed by atoms with Crippen molar-refractivity contribution in [2.45, 2.75) is 65.3 Å². The molecule has 0 saturated heterocycles. The first-order chi connectivity index (χ1) is 8.18. The van der Waals surface area contributed by atoms with Crippen molar-refractivity contribution in [1.29, 1.82) is 0 Å². The molecule has 0 N–H and O–H groups in total. The minimum atomic E-state index is -0.900. The van der Waals surface area contributed by atoms with Gasteiger partial charge in [-0.05, 0) is 12.8 Å². The van der Waals surface area contributed by atoms with Crippen LogP contribution in [0.5, 0.6) is 0 Å². The average molecular weight is 259 g/mol. The molecule has 0 unspecified atom stereocenters. The Morgan fingerprint density at radius 3 is 1.65 bits per heavy atom. The molecule has 0 spiro atoms. The van der Waals surface area contributed by atoms with Crippen molar-refractivity contribution in [3.63, 3.8) is 0 Å². The largest absolute Gasteiger partial charge is 0.332 e. The lowest BCUT2D eigenvalue weighted by atomic mass is 10.3. The maximum absolute atomic E-state index is 5.68. The van der Waals surface area contributed by atoms with Gasteiger partial charge in [-0.1, -0.05) is 39.5 Å². The van der Waals surface area contributed by atoms with Gasteiger partial charge in [-0.2, -0.15) is 0 Å². The Morgan fingerprint density at radius 1 is 0.824 bits per heavy atom. The summed E-state index contributed by atoms with van der Waals surface area (Å²) in [7, 11) is 3.30. The van der Waals surface area contributed by atoms with Crippen LogP contribution in [-0.2, 0) is 14.2 Å². The summed E-state index contributed by atoms with van der Waals surface area (Å²) in [6.45, 7) is 7.56. The van der Waals surface area contributed by atoms with Crippen LogP contribution in [0.1, 0.15) is 59.3 Å². The van der Waals surface area contributed by atoms with E-state index in [-0.39, 0.29) is 0 Å². The van der Waals surface area contributed by atoms with E-state index in [1.165, 1.54) is 25.7 Å². The standard InChI is InChI=1S/C13H27O3Si/c1-4-6-8-10-14-13(3,16-12-17)15-11-9-7-5-2/h4-12H2,1-3H3. The van der Waals surface area contributed by atoms with E-state index in [1.54, 1.807) is 0 Å².